The Hall–Kier alpha value is -0.330. The summed E-state index contributed by atoms with van der Waals surface area (Å²) < 4.78 is 2.60. The molecule has 1 aliphatic carbocycles. The summed E-state index contributed by atoms with van der Waals surface area (Å²) >= 11 is 0. The SMILES string of the molecule is C1=[N+](C2CCCCC2)CCC1. The largest absolute Gasteiger partial charge is 0.237 e. The molecule has 62 valence electrons. The van der Waals surface area contributed by atoms with E-state index in [1.807, 2.05) is 0 Å². The third kappa shape index (κ3) is 1.63. The van der Waals surface area contributed by atoms with E-state index in [1.54, 1.807) is 0 Å². The van der Waals surface area contributed by atoms with Crippen molar-refractivity contribution in [1.82, 2.24) is 0 Å². The van der Waals surface area contributed by atoms with Crippen LogP contribution >= 0.6 is 0 Å². The number of nitrogens with zero attached hydrogens (tertiary/aromatic N) is 1. The molecule has 1 saturated carbocycles. The lowest BCUT2D eigenvalue weighted by atomic mass is 9.95. The van der Waals surface area contributed by atoms with E-state index in [2.05, 4.69) is 10.8 Å². The smallest absolute Gasteiger partial charge is 0.152 e. The average Bonchev–Trinajstić information content (AvgIpc) is 2.58. The Morgan fingerprint density at radius 3 is 2.45 bits per heavy atom. The minimum Gasteiger partial charge on any atom is -0.237 e. The van der Waals surface area contributed by atoms with Gasteiger partial charge in [0, 0.05) is 25.7 Å². The molecule has 0 unspecified atom stereocenters. The van der Waals surface area contributed by atoms with E-state index in [0.29, 0.717) is 0 Å². The summed E-state index contributed by atoms with van der Waals surface area (Å²) in [6.45, 7) is 1.34. The van der Waals surface area contributed by atoms with Crippen LogP contribution in [0.15, 0.2) is 0 Å². The highest BCUT2D eigenvalue weighted by atomic mass is 15.0. The fourth-order valence-electron chi connectivity index (χ4n) is 2.37. The van der Waals surface area contributed by atoms with Gasteiger partial charge in [0.2, 0.25) is 0 Å². The lowest BCUT2D eigenvalue weighted by Gasteiger charge is -2.18. The first-order chi connectivity index (χ1) is 5.47. The Bertz CT molecular complexity index is 154. The summed E-state index contributed by atoms with van der Waals surface area (Å²) in [5, 5.41) is 0. The van der Waals surface area contributed by atoms with E-state index in [-0.39, 0.29) is 0 Å². The molecule has 1 fully saturated rings. The molecule has 2 rings (SSSR count). The highest BCUT2D eigenvalue weighted by molar-refractivity contribution is 5.52. The van der Waals surface area contributed by atoms with Crippen molar-refractivity contribution in [3.05, 3.63) is 0 Å². The molecule has 0 radical (unpaired) electrons. The average molecular weight is 152 g/mol. The maximum atomic E-state index is 2.60. The molecule has 0 amide bonds. The summed E-state index contributed by atoms with van der Waals surface area (Å²) in [5.74, 6) is 0. The van der Waals surface area contributed by atoms with E-state index in [1.165, 1.54) is 51.5 Å². The van der Waals surface area contributed by atoms with Gasteiger partial charge < -0.3 is 0 Å². The summed E-state index contributed by atoms with van der Waals surface area (Å²) in [5.41, 5.74) is 0. The van der Waals surface area contributed by atoms with Crippen LogP contribution in [0.25, 0.3) is 0 Å². The van der Waals surface area contributed by atoms with Gasteiger partial charge >= 0.3 is 0 Å². The Labute approximate surface area is 69.1 Å². The molecule has 0 N–H and O–H groups in total. The van der Waals surface area contributed by atoms with E-state index >= 15 is 0 Å². The molecular weight excluding hydrogens is 134 g/mol. The van der Waals surface area contributed by atoms with E-state index in [9.17, 15) is 0 Å². The Kier molecular flexibility index (Phi) is 2.25. The molecule has 1 nitrogen and oxygen atoms in total. The lowest BCUT2D eigenvalue weighted by molar-refractivity contribution is -0.558. The predicted octanol–water partition coefficient (Wildman–Crippen LogP) is 2.20. The maximum absolute atomic E-state index is 2.60. The van der Waals surface area contributed by atoms with Gasteiger partial charge in [-0.25, -0.2) is 4.58 Å². The van der Waals surface area contributed by atoms with Crippen LogP contribution in [0, 0.1) is 0 Å². The van der Waals surface area contributed by atoms with Crippen molar-refractivity contribution in [2.45, 2.75) is 51.0 Å². The Morgan fingerprint density at radius 2 is 1.82 bits per heavy atom. The van der Waals surface area contributed by atoms with Crippen LogP contribution in [-0.2, 0) is 0 Å². The van der Waals surface area contributed by atoms with Gasteiger partial charge in [-0.05, 0) is 12.8 Å². The minimum atomic E-state index is 0.922. The van der Waals surface area contributed by atoms with Crippen molar-refractivity contribution in [3.63, 3.8) is 0 Å². The van der Waals surface area contributed by atoms with E-state index in [0.717, 1.165) is 6.04 Å². The first-order valence-corrected chi connectivity index (χ1v) is 5.06. The maximum Gasteiger partial charge on any atom is 0.152 e. The Balaban J connectivity index is 1.92. The second kappa shape index (κ2) is 3.38. The van der Waals surface area contributed by atoms with Crippen molar-refractivity contribution in [2.24, 2.45) is 0 Å². The molecule has 0 aromatic rings. The predicted molar refractivity (Wildman–Crippen MR) is 47.3 cm³/mol. The molecule has 0 aromatic carbocycles. The second-order valence-electron chi connectivity index (χ2n) is 3.85. The molecule has 0 saturated heterocycles. The van der Waals surface area contributed by atoms with Crippen molar-refractivity contribution in [1.29, 1.82) is 0 Å². The molecule has 2 aliphatic rings. The summed E-state index contributed by atoms with van der Waals surface area (Å²) in [6.07, 6.45) is 12.5. The minimum absolute atomic E-state index is 0.922. The summed E-state index contributed by atoms with van der Waals surface area (Å²) in [4.78, 5) is 0. The molecule has 0 atom stereocenters. The highest BCUT2D eigenvalue weighted by Crippen LogP contribution is 2.21. The molecule has 1 heterocycles. The van der Waals surface area contributed by atoms with Crippen LogP contribution in [0.2, 0.25) is 0 Å². The lowest BCUT2D eigenvalue weighted by Crippen LogP contribution is -2.27. The fourth-order valence-corrected chi connectivity index (χ4v) is 2.37. The third-order valence-electron chi connectivity index (χ3n) is 3.03. The van der Waals surface area contributed by atoms with Crippen molar-refractivity contribution in [2.75, 3.05) is 6.54 Å². The van der Waals surface area contributed by atoms with Gasteiger partial charge in [0.25, 0.3) is 0 Å². The zero-order chi connectivity index (χ0) is 7.52. The highest BCUT2D eigenvalue weighted by Gasteiger charge is 2.24. The molecular formula is C10H18N+. The zero-order valence-corrected chi connectivity index (χ0v) is 7.26. The van der Waals surface area contributed by atoms with Gasteiger partial charge in [-0.15, -0.1) is 0 Å². The van der Waals surface area contributed by atoms with E-state index in [4.69, 9.17) is 0 Å². The second-order valence-corrected chi connectivity index (χ2v) is 3.85. The topological polar surface area (TPSA) is 3.01 Å². The quantitative estimate of drug-likeness (QED) is 0.507. The number of hydrogen-bond acceptors (Lipinski definition) is 0. The van der Waals surface area contributed by atoms with Crippen LogP contribution in [0.3, 0.4) is 0 Å². The van der Waals surface area contributed by atoms with E-state index < -0.39 is 0 Å². The monoisotopic (exact) mass is 152 g/mol. The molecule has 11 heavy (non-hydrogen) atoms. The third-order valence-corrected chi connectivity index (χ3v) is 3.03. The molecule has 1 aliphatic heterocycles. The fraction of sp³-hybridized carbons (Fsp3) is 0.900. The van der Waals surface area contributed by atoms with Crippen LogP contribution in [0.1, 0.15) is 44.9 Å². The van der Waals surface area contributed by atoms with Crippen LogP contribution in [0.4, 0.5) is 0 Å². The summed E-state index contributed by atoms with van der Waals surface area (Å²) in [7, 11) is 0. The molecule has 0 aromatic heterocycles. The first-order valence-electron chi connectivity index (χ1n) is 5.06. The van der Waals surface area contributed by atoms with Gasteiger partial charge in [0.1, 0.15) is 12.8 Å². The van der Waals surface area contributed by atoms with Gasteiger partial charge in [-0.2, -0.15) is 0 Å². The van der Waals surface area contributed by atoms with Gasteiger partial charge in [0.05, 0.1) is 0 Å². The van der Waals surface area contributed by atoms with Crippen LogP contribution in [-0.4, -0.2) is 23.4 Å². The molecule has 0 bridgehead atoms. The summed E-state index contributed by atoms with van der Waals surface area (Å²) in [6, 6.07) is 0.922. The molecule has 0 spiro atoms. The van der Waals surface area contributed by atoms with Crippen LogP contribution < -0.4 is 0 Å². The van der Waals surface area contributed by atoms with Crippen molar-refractivity contribution in [3.8, 4) is 0 Å². The number of hydrogen-bond donors (Lipinski definition) is 0. The van der Waals surface area contributed by atoms with Gasteiger partial charge in [-0.3, -0.25) is 0 Å². The van der Waals surface area contributed by atoms with Crippen molar-refractivity contribution >= 4 is 6.21 Å². The Morgan fingerprint density at radius 1 is 1.00 bits per heavy atom. The van der Waals surface area contributed by atoms with Gasteiger partial charge in [0.15, 0.2) is 6.04 Å². The van der Waals surface area contributed by atoms with Gasteiger partial charge in [-0.1, -0.05) is 6.42 Å². The normalized spacial score (nSPS) is 27.1. The van der Waals surface area contributed by atoms with Crippen molar-refractivity contribution < 1.29 is 4.58 Å². The first kappa shape index (κ1) is 7.33. The number of rotatable bonds is 1. The van der Waals surface area contributed by atoms with Crippen LogP contribution in [0.5, 0.6) is 0 Å². The standard InChI is InChI=1S/C10H18N/c1-2-6-10(7-3-1)11-8-4-5-9-11/h8,10H,1-7,9H2/q+1. The molecule has 1 heteroatoms. The zero-order valence-electron chi connectivity index (χ0n) is 7.26.